The minimum absolute atomic E-state index is 0.237. The quantitative estimate of drug-likeness (QED) is 0.841. The molecule has 0 fully saturated rings. The topological polar surface area (TPSA) is 42.1 Å². The summed E-state index contributed by atoms with van der Waals surface area (Å²) in [7, 11) is 1.49. The predicted molar refractivity (Wildman–Crippen MR) is 59.0 cm³/mol. The van der Waals surface area contributed by atoms with E-state index in [1.54, 1.807) is 12.1 Å². The first-order chi connectivity index (χ1) is 7.72. The summed E-state index contributed by atoms with van der Waals surface area (Å²) in [5, 5.41) is 0. The van der Waals surface area contributed by atoms with Gasteiger partial charge in [0.15, 0.2) is 0 Å². The molecule has 1 aromatic heterocycles. The van der Waals surface area contributed by atoms with Gasteiger partial charge in [-0.2, -0.15) is 0 Å². The lowest BCUT2D eigenvalue weighted by Crippen LogP contribution is -2.07. The Morgan fingerprint density at radius 2 is 2.06 bits per heavy atom. The smallest absolute Gasteiger partial charge is 0.255 e. The van der Waals surface area contributed by atoms with Crippen molar-refractivity contribution in [2.24, 2.45) is 0 Å². The second-order valence-corrected chi connectivity index (χ2v) is 3.26. The summed E-state index contributed by atoms with van der Waals surface area (Å²) in [5.41, 5.74) is 0.203. The van der Waals surface area contributed by atoms with Crippen LogP contribution in [-0.2, 0) is 0 Å². The van der Waals surface area contributed by atoms with Crippen LogP contribution in [0.1, 0.15) is 0 Å². The molecule has 2 aromatic rings. The van der Waals surface area contributed by atoms with Gasteiger partial charge in [0.1, 0.15) is 11.6 Å². The van der Waals surface area contributed by atoms with E-state index in [0.29, 0.717) is 11.3 Å². The van der Waals surface area contributed by atoms with E-state index in [4.69, 9.17) is 4.74 Å². The van der Waals surface area contributed by atoms with E-state index in [1.165, 1.54) is 31.5 Å². The van der Waals surface area contributed by atoms with Gasteiger partial charge >= 0.3 is 0 Å². The van der Waals surface area contributed by atoms with Crippen molar-refractivity contribution in [3.63, 3.8) is 0 Å². The van der Waals surface area contributed by atoms with Gasteiger partial charge in [-0.1, -0.05) is 0 Å². The van der Waals surface area contributed by atoms with Gasteiger partial charge in [0.25, 0.3) is 5.56 Å². The highest BCUT2D eigenvalue weighted by Gasteiger charge is 2.09. The number of pyridine rings is 1. The molecule has 0 amide bonds. The maximum Gasteiger partial charge on any atom is 0.255 e. The molecular formula is C12H10FNO2. The second kappa shape index (κ2) is 4.18. The fraction of sp³-hybridized carbons (Fsp3) is 0.0833. The van der Waals surface area contributed by atoms with Crippen LogP contribution < -0.4 is 10.3 Å². The zero-order valence-corrected chi connectivity index (χ0v) is 8.66. The molecule has 0 aliphatic carbocycles. The largest absolute Gasteiger partial charge is 0.497 e. The van der Waals surface area contributed by atoms with Crippen LogP contribution in [0.3, 0.4) is 0 Å². The molecule has 0 bridgehead atoms. The Hall–Kier alpha value is -2.10. The highest BCUT2D eigenvalue weighted by atomic mass is 19.1. The molecule has 82 valence electrons. The van der Waals surface area contributed by atoms with E-state index >= 15 is 0 Å². The molecule has 0 saturated carbocycles. The molecule has 0 saturated heterocycles. The molecule has 0 aliphatic rings. The number of aromatic amines is 1. The van der Waals surface area contributed by atoms with Gasteiger partial charge in [-0.05, 0) is 30.3 Å². The number of nitrogens with one attached hydrogen (secondary N) is 1. The van der Waals surface area contributed by atoms with Gasteiger partial charge in [0.2, 0.25) is 0 Å². The molecular weight excluding hydrogens is 209 g/mol. The Morgan fingerprint density at radius 3 is 2.75 bits per heavy atom. The fourth-order valence-electron chi connectivity index (χ4n) is 1.47. The van der Waals surface area contributed by atoms with Crippen LogP contribution in [-0.4, -0.2) is 12.1 Å². The minimum Gasteiger partial charge on any atom is -0.497 e. The first-order valence-electron chi connectivity index (χ1n) is 4.74. The van der Waals surface area contributed by atoms with Crippen molar-refractivity contribution in [1.82, 2.24) is 4.98 Å². The van der Waals surface area contributed by atoms with Crippen molar-refractivity contribution >= 4 is 0 Å². The average Bonchev–Trinajstić information content (AvgIpc) is 2.31. The lowest BCUT2D eigenvalue weighted by atomic mass is 10.1. The van der Waals surface area contributed by atoms with Gasteiger partial charge in [-0.25, -0.2) is 4.39 Å². The van der Waals surface area contributed by atoms with Crippen molar-refractivity contribution in [2.45, 2.75) is 0 Å². The zero-order chi connectivity index (χ0) is 11.5. The Morgan fingerprint density at radius 1 is 1.25 bits per heavy atom. The molecule has 16 heavy (non-hydrogen) atoms. The molecule has 2 rings (SSSR count). The summed E-state index contributed by atoms with van der Waals surface area (Å²) in [6, 6.07) is 7.50. The Bertz CT molecular complexity index is 563. The van der Waals surface area contributed by atoms with Gasteiger partial charge in [0, 0.05) is 11.8 Å². The number of aromatic nitrogens is 1. The zero-order valence-electron chi connectivity index (χ0n) is 8.66. The molecule has 0 unspecified atom stereocenters. The molecule has 1 heterocycles. The summed E-state index contributed by atoms with van der Waals surface area (Å²) in [4.78, 5) is 14.0. The monoisotopic (exact) mass is 219 g/mol. The van der Waals surface area contributed by atoms with E-state index in [1.807, 2.05) is 0 Å². The van der Waals surface area contributed by atoms with Crippen LogP contribution in [0, 0.1) is 5.82 Å². The van der Waals surface area contributed by atoms with Crippen molar-refractivity contribution in [1.29, 1.82) is 0 Å². The molecule has 0 spiro atoms. The molecule has 0 atom stereocenters. The average molecular weight is 219 g/mol. The van der Waals surface area contributed by atoms with Gasteiger partial charge in [-0.3, -0.25) is 4.79 Å². The molecule has 0 radical (unpaired) electrons. The summed E-state index contributed by atoms with van der Waals surface area (Å²) < 4.78 is 18.6. The molecule has 1 N–H and O–H groups in total. The fourth-order valence-corrected chi connectivity index (χ4v) is 1.47. The minimum atomic E-state index is -0.447. The number of rotatable bonds is 2. The van der Waals surface area contributed by atoms with E-state index in [9.17, 15) is 9.18 Å². The Labute approximate surface area is 91.5 Å². The van der Waals surface area contributed by atoms with Gasteiger partial charge < -0.3 is 9.72 Å². The van der Waals surface area contributed by atoms with Crippen molar-refractivity contribution in [3.05, 3.63) is 52.7 Å². The normalized spacial score (nSPS) is 10.1. The van der Waals surface area contributed by atoms with E-state index < -0.39 is 5.82 Å². The Kier molecular flexibility index (Phi) is 2.72. The van der Waals surface area contributed by atoms with Crippen LogP contribution >= 0.6 is 0 Å². The molecule has 1 aromatic carbocycles. The number of methoxy groups -OCH3 is 1. The van der Waals surface area contributed by atoms with Crippen molar-refractivity contribution in [2.75, 3.05) is 7.11 Å². The number of hydrogen-bond acceptors (Lipinski definition) is 2. The van der Waals surface area contributed by atoms with Crippen molar-refractivity contribution in [3.8, 4) is 16.9 Å². The predicted octanol–water partition coefficient (Wildman–Crippen LogP) is 2.19. The second-order valence-electron chi connectivity index (χ2n) is 3.26. The van der Waals surface area contributed by atoms with Crippen molar-refractivity contribution < 1.29 is 9.13 Å². The first kappa shape index (κ1) is 10.4. The van der Waals surface area contributed by atoms with E-state index in [2.05, 4.69) is 4.98 Å². The van der Waals surface area contributed by atoms with Gasteiger partial charge in [-0.15, -0.1) is 0 Å². The summed E-state index contributed by atoms with van der Waals surface area (Å²) in [5.74, 6) is 0.0668. The molecule has 4 heteroatoms. The Balaban J connectivity index is 2.64. The maximum absolute atomic E-state index is 13.6. The third kappa shape index (κ3) is 1.82. The number of benzene rings is 1. The number of hydrogen-bond donors (Lipinski definition) is 1. The molecule has 0 aliphatic heterocycles. The highest BCUT2D eigenvalue weighted by molar-refractivity contribution is 5.64. The summed E-state index contributed by atoms with van der Waals surface area (Å²) in [6.07, 6.45) is 1.50. The SMILES string of the molecule is COc1ccc(F)c(-c2ccc[nH]c2=O)c1. The van der Waals surface area contributed by atoms with Crippen LogP contribution in [0.15, 0.2) is 41.3 Å². The van der Waals surface area contributed by atoms with Gasteiger partial charge in [0.05, 0.1) is 12.7 Å². The van der Waals surface area contributed by atoms with Crippen LogP contribution in [0.25, 0.3) is 11.1 Å². The third-order valence-electron chi connectivity index (χ3n) is 2.28. The standard InChI is InChI=1S/C12H10FNO2/c1-16-8-4-5-11(13)10(7-8)9-3-2-6-14-12(9)15/h2-7H,1H3,(H,14,15). The van der Waals surface area contributed by atoms with E-state index in [0.717, 1.165) is 0 Å². The van der Waals surface area contributed by atoms with Crippen LogP contribution in [0.4, 0.5) is 4.39 Å². The third-order valence-corrected chi connectivity index (χ3v) is 2.28. The number of H-pyrrole nitrogens is 1. The lowest BCUT2D eigenvalue weighted by Gasteiger charge is -2.05. The summed E-state index contributed by atoms with van der Waals surface area (Å²) >= 11 is 0. The lowest BCUT2D eigenvalue weighted by molar-refractivity contribution is 0.414. The van der Waals surface area contributed by atoms with Crippen LogP contribution in [0.2, 0.25) is 0 Å². The summed E-state index contributed by atoms with van der Waals surface area (Å²) in [6.45, 7) is 0. The number of halogens is 1. The van der Waals surface area contributed by atoms with Crippen LogP contribution in [0.5, 0.6) is 5.75 Å². The first-order valence-corrected chi connectivity index (χ1v) is 4.74. The molecule has 3 nitrogen and oxygen atoms in total. The number of ether oxygens (including phenoxy) is 1. The maximum atomic E-state index is 13.6. The van der Waals surface area contributed by atoms with E-state index in [-0.39, 0.29) is 11.1 Å². The highest BCUT2D eigenvalue weighted by Crippen LogP contribution is 2.24.